The number of anilines is 1. The van der Waals surface area contributed by atoms with Gasteiger partial charge in [0.2, 0.25) is 0 Å². The van der Waals surface area contributed by atoms with E-state index in [1.54, 1.807) is 0 Å². The topological polar surface area (TPSA) is 104 Å². The molecule has 88 valence electrons. The zero-order chi connectivity index (χ0) is 12.3. The summed E-state index contributed by atoms with van der Waals surface area (Å²) in [4.78, 5) is 9.97. The highest BCUT2D eigenvalue weighted by Crippen LogP contribution is 2.19. The zero-order valence-corrected chi connectivity index (χ0v) is 9.38. The van der Waals surface area contributed by atoms with Gasteiger partial charge in [-0.2, -0.15) is 0 Å². The van der Waals surface area contributed by atoms with Crippen LogP contribution in [0.3, 0.4) is 0 Å². The number of hydrogen-bond acceptors (Lipinski definition) is 7. The molecule has 2 rings (SSSR count). The smallest absolute Gasteiger partial charge is 0.269 e. The van der Waals surface area contributed by atoms with Crippen molar-refractivity contribution < 1.29 is 9.66 Å². The largest absolute Gasteiger partial charge is 0.487 e. The van der Waals surface area contributed by atoms with E-state index in [0.717, 1.165) is 11.5 Å². The lowest BCUT2D eigenvalue weighted by molar-refractivity contribution is -0.384. The number of benzene rings is 1. The lowest BCUT2D eigenvalue weighted by atomic mass is 10.3. The summed E-state index contributed by atoms with van der Waals surface area (Å²) >= 11 is 1.09. The molecule has 0 aliphatic rings. The number of aromatic nitrogens is 2. The normalized spacial score (nSPS) is 10.1. The quantitative estimate of drug-likeness (QED) is 0.654. The van der Waals surface area contributed by atoms with Crippen LogP contribution in [-0.2, 0) is 6.61 Å². The zero-order valence-electron chi connectivity index (χ0n) is 8.57. The van der Waals surface area contributed by atoms with Gasteiger partial charge in [0.15, 0.2) is 0 Å². The number of hydrogen-bond donors (Lipinski definition) is 1. The van der Waals surface area contributed by atoms with E-state index in [1.807, 2.05) is 0 Å². The molecule has 0 radical (unpaired) electrons. The van der Waals surface area contributed by atoms with E-state index < -0.39 is 4.92 Å². The van der Waals surface area contributed by atoms with E-state index >= 15 is 0 Å². The maximum atomic E-state index is 10.4. The molecule has 2 aromatic rings. The standard InChI is InChI=1S/C9H8N4O3S/c10-9-8(11-12-17-9)5-16-7-3-1-6(2-4-7)13(14)15/h1-4H,5,10H2. The molecule has 0 unspecified atom stereocenters. The van der Waals surface area contributed by atoms with Crippen molar-refractivity contribution in [2.24, 2.45) is 0 Å². The Bertz CT molecular complexity index is 525. The summed E-state index contributed by atoms with van der Waals surface area (Å²) in [5.41, 5.74) is 6.18. The second kappa shape index (κ2) is 4.74. The summed E-state index contributed by atoms with van der Waals surface area (Å²) in [6.45, 7) is 0.195. The van der Waals surface area contributed by atoms with Gasteiger partial charge in [0, 0.05) is 23.7 Å². The van der Waals surface area contributed by atoms with Crippen molar-refractivity contribution in [2.75, 3.05) is 5.73 Å². The van der Waals surface area contributed by atoms with Crippen molar-refractivity contribution in [2.45, 2.75) is 6.61 Å². The van der Waals surface area contributed by atoms with Gasteiger partial charge in [-0.05, 0) is 12.1 Å². The van der Waals surface area contributed by atoms with Gasteiger partial charge >= 0.3 is 0 Å². The Labute approximate surface area is 100 Å². The number of nitro benzene ring substituents is 1. The Morgan fingerprint density at radius 1 is 1.41 bits per heavy atom. The van der Waals surface area contributed by atoms with Crippen LogP contribution < -0.4 is 10.5 Å². The first-order valence-electron chi connectivity index (χ1n) is 4.61. The monoisotopic (exact) mass is 252 g/mol. The number of nitrogens with two attached hydrogens (primary N) is 1. The number of nitrogens with zero attached hydrogens (tertiary/aromatic N) is 3. The van der Waals surface area contributed by atoms with Crippen molar-refractivity contribution in [3.63, 3.8) is 0 Å². The predicted octanol–water partition coefficient (Wildman–Crippen LogP) is 1.61. The van der Waals surface area contributed by atoms with E-state index in [9.17, 15) is 10.1 Å². The van der Waals surface area contributed by atoms with Gasteiger partial charge in [-0.3, -0.25) is 10.1 Å². The Hall–Kier alpha value is -2.22. The summed E-state index contributed by atoms with van der Waals surface area (Å²) in [6, 6.07) is 5.79. The highest BCUT2D eigenvalue weighted by atomic mass is 32.1. The average Bonchev–Trinajstić information content (AvgIpc) is 2.73. The molecule has 0 aliphatic carbocycles. The number of nitro groups is 1. The van der Waals surface area contributed by atoms with Crippen LogP contribution >= 0.6 is 11.5 Å². The molecule has 0 saturated carbocycles. The minimum absolute atomic E-state index is 0.0205. The highest BCUT2D eigenvalue weighted by molar-refractivity contribution is 7.09. The summed E-state index contributed by atoms with van der Waals surface area (Å²) in [6.07, 6.45) is 0. The fourth-order valence-electron chi connectivity index (χ4n) is 1.13. The fraction of sp³-hybridized carbons (Fsp3) is 0.111. The van der Waals surface area contributed by atoms with Crippen LogP contribution in [0, 0.1) is 10.1 Å². The summed E-state index contributed by atoms with van der Waals surface area (Å²) < 4.78 is 9.04. The predicted molar refractivity (Wildman–Crippen MR) is 61.7 cm³/mol. The molecule has 8 heteroatoms. The molecule has 2 N–H and O–H groups in total. The molecule has 17 heavy (non-hydrogen) atoms. The molecular formula is C9H8N4O3S. The van der Waals surface area contributed by atoms with Gasteiger partial charge in [-0.15, -0.1) is 5.10 Å². The molecule has 0 aliphatic heterocycles. The molecule has 7 nitrogen and oxygen atoms in total. The molecular weight excluding hydrogens is 244 g/mol. The molecule has 1 heterocycles. The van der Waals surface area contributed by atoms with Crippen molar-refractivity contribution in [1.29, 1.82) is 0 Å². The first kappa shape index (κ1) is 11.3. The molecule has 1 aromatic heterocycles. The first-order valence-corrected chi connectivity index (χ1v) is 5.38. The van der Waals surface area contributed by atoms with Crippen molar-refractivity contribution >= 4 is 22.2 Å². The molecule has 0 amide bonds. The van der Waals surface area contributed by atoms with Gasteiger partial charge in [-0.25, -0.2) is 0 Å². The molecule has 0 fully saturated rings. The van der Waals surface area contributed by atoms with Crippen molar-refractivity contribution in [3.8, 4) is 5.75 Å². The maximum absolute atomic E-state index is 10.4. The van der Waals surface area contributed by atoms with Crippen LogP contribution in [0.4, 0.5) is 10.7 Å². The molecule has 0 saturated heterocycles. The Morgan fingerprint density at radius 2 is 2.12 bits per heavy atom. The van der Waals surface area contributed by atoms with Crippen LogP contribution in [0.1, 0.15) is 5.69 Å². The third-order valence-electron chi connectivity index (χ3n) is 2.01. The third-order valence-corrected chi connectivity index (χ3v) is 2.60. The number of nitrogen functional groups attached to an aromatic ring is 1. The Balaban J connectivity index is 2.00. The third kappa shape index (κ3) is 2.67. The first-order chi connectivity index (χ1) is 8.16. The second-order valence-corrected chi connectivity index (χ2v) is 3.91. The molecule has 1 aromatic carbocycles. The van der Waals surface area contributed by atoms with Crippen LogP contribution in [0.25, 0.3) is 0 Å². The van der Waals surface area contributed by atoms with E-state index in [-0.39, 0.29) is 12.3 Å². The Morgan fingerprint density at radius 3 is 2.65 bits per heavy atom. The van der Waals surface area contributed by atoms with Gasteiger partial charge in [0.05, 0.1) is 4.92 Å². The average molecular weight is 252 g/mol. The van der Waals surface area contributed by atoms with Crippen LogP contribution in [-0.4, -0.2) is 14.5 Å². The van der Waals surface area contributed by atoms with Crippen LogP contribution in [0.2, 0.25) is 0 Å². The Kier molecular flexibility index (Phi) is 3.15. The number of non-ortho nitro benzene ring substituents is 1. The van der Waals surface area contributed by atoms with Crippen LogP contribution in [0.15, 0.2) is 24.3 Å². The molecule has 0 bridgehead atoms. The van der Waals surface area contributed by atoms with E-state index in [4.69, 9.17) is 10.5 Å². The van der Waals surface area contributed by atoms with Crippen molar-refractivity contribution in [3.05, 3.63) is 40.1 Å². The number of ether oxygens (including phenoxy) is 1. The maximum Gasteiger partial charge on any atom is 0.269 e. The SMILES string of the molecule is Nc1snnc1COc1ccc([N+](=O)[O-])cc1. The minimum Gasteiger partial charge on any atom is -0.487 e. The van der Waals surface area contributed by atoms with Crippen LogP contribution in [0.5, 0.6) is 5.75 Å². The summed E-state index contributed by atoms with van der Waals surface area (Å²) in [7, 11) is 0. The fourth-order valence-corrected chi connectivity index (χ4v) is 1.56. The van der Waals surface area contributed by atoms with Gasteiger partial charge in [0.1, 0.15) is 23.1 Å². The lowest BCUT2D eigenvalue weighted by Crippen LogP contribution is -1.99. The summed E-state index contributed by atoms with van der Waals surface area (Å²) in [5.74, 6) is 0.517. The van der Waals surface area contributed by atoms with Crippen molar-refractivity contribution in [1.82, 2.24) is 9.59 Å². The number of rotatable bonds is 4. The van der Waals surface area contributed by atoms with Gasteiger partial charge in [0.25, 0.3) is 5.69 Å². The van der Waals surface area contributed by atoms with Gasteiger partial charge in [-0.1, -0.05) is 4.49 Å². The van der Waals surface area contributed by atoms with Gasteiger partial charge < -0.3 is 10.5 Å². The summed E-state index contributed by atoms with van der Waals surface area (Å²) in [5, 5.41) is 14.7. The van der Waals surface area contributed by atoms with E-state index in [0.29, 0.717) is 16.4 Å². The lowest BCUT2D eigenvalue weighted by Gasteiger charge is -2.03. The highest BCUT2D eigenvalue weighted by Gasteiger charge is 2.07. The molecule has 0 atom stereocenters. The minimum atomic E-state index is -0.466. The van der Waals surface area contributed by atoms with E-state index in [1.165, 1.54) is 24.3 Å². The molecule has 0 spiro atoms. The van der Waals surface area contributed by atoms with E-state index in [2.05, 4.69) is 9.59 Å². The second-order valence-electron chi connectivity index (χ2n) is 3.12.